The molecule has 0 saturated carbocycles. The zero-order chi connectivity index (χ0) is 18.6. The SMILES string of the molecule is CC1C(C(=O)O)=CN2c3c1cc(F)c(N1CCN(C)CC1)c3OCC2C. The van der Waals surface area contributed by atoms with Crippen LogP contribution >= 0.6 is 0 Å². The van der Waals surface area contributed by atoms with E-state index < -0.39 is 5.97 Å². The van der Waals surface area contributed by atoms with Gasteiger partial charge in [0.25, 0.3) is 0 Å². The Bertz CT molecular complexity index is 787. The monoisotopic (exact) mass is 361 g/mol. The first-order valence-corrected chi connectivity index (χ1v) is 9.04. The summed E-state index contributed by atoms with van der Waals surface area (Å²) in [5.41, 5.74) is 2.29. The van der Waals surface area contributed by atoms with Crippen molar-refractivity contribution in [3.8, 4) is 5.75 Å². The number of carboxylic acid groups (broad SMARTS) is 1. The molecule has 1 aromatic carbocycles. The van der Waals surface area contributed by atoms with E-state index >= 15 is 4.39 Å². The predicted octanol–water partition coefficient (Wildman–Crippen LogP) is 2.25. The smallest absolute Gasteiger partial charge is 0.333 e. The number of nitrogens with zero attached hydrogens (tertiary/aromatic N) is 3. The Balaban J connectivity index is 1.86. The molecular formula is C19H24FN3O3. The maximum atomic E-state index is 15.1. The molecule has 140 valence electrons. The van der Waals surface area contributed by atoms with Gasteiger partial charge in [0.1, 0.15) is 12.3 Å². The highest BCUT2D eigenvalue weighted by atomic mass is 19.1. The number of carbonyl (C=O) groups is 1. The lowest BCUT2D eigenvalue weighted by molar-refractivity contribution is -0.133. The molecule has 2 unspecified atom stereocenters. The number of hydrogen-bond acceptors (Lipinski definition) is 5. The van der Waals surface area contributed by atoms with Crippen molar-refractivity contribution in [3.05, 3.63) is 29.2 Å². The summed E-state index contributed by atoms with van der Waals surface area (Å²) >= 11 is 0. The molecule has 1 fully saturated rings. The van der Waals surface area contributed by atoms with E-state index in [1.54, 1.807) is 13.1 Å². The summed E-state index contributed by atoms with van der Waals surface area (Å²) < 4.78 is 21.1. The second-order valence-corrected chi connectivity index (χ2v) is 7.44. The summed E-state index contributed by atoms with van der Waals surface area (Å²) in [5, 5.41) is 9.54. The normalized spacial score (nSPS) is 25.5. The van der Waals surface area contributed by atoms with Gasteiger partial charge in [0.05, 0.1) is 17.3 Å². The van der Waals surface area contributed by atoms with Crippen LogP contribution in [0.3, 0.4) is 0 Å². The van der Waals surface area contributed by atoms with Gasteiger partial charge in [0.15, 0.2) is 11.6 Å². The summed E-state index contributed by atoms with van der Waals surface area (Å²) in [6, 6.07) is 1.50. The van der Waals surface area contributed by atoms with E-state index in [0.717, 1.165) is 31.9 Å². The van der Waals surface area contributed by atoms with E-state index in [-0.39, 0.29) is 23.4 Å². The summed E-state index contributed by atoms with van der Waals surface area (Å²) in [7, 11) is 2.06. The van der Waals surface area contributed by atoms with Crippen LogP contribution in [0.4, 0.5) is 15.8 Å². The van der Waals surface area contributed by atoms with Crippen molar-refractivity contribution in [1.82, 2.24) is 4.90 Å². The molecule has 7 heteroatoms. The molecule has 6 nitrogen and oxygen atoms in total. The van der Waals surface area contributed by atoms with Crippen molar-refractivity contribution in [2.45, 2.75) is 25.8 Å². The van der Waals surface area contributed by atoms with Crippen molar-refractivity contribution < 1.29 is 19.0 Å². The molecule has 3 aliphatic heterocycles. The predicted molar refractivity (Wildman–Crippen MR) is 97.7 cm³/mol. The highest BCUT2D eigenvalue weighted by Gasteiger charge is 2.39. The third kappa shape index (κ3) is 2.53. The third-order valence-corrected chi connectivity index (χ3v) is 5.69. The van der Waals surface area contributed by atoms with Crippen LogP contribution in [-0.4, -0.2) is 61.9 Å². The van der Waals surface area contributed by atoms with Gasteiger partial charge in [-0.25, -0.2) is 9.18 Å². The zero-order valence-electron chi connectivity index (χ0n) is 15.3. The highest BCUT2D eigenvalue weighted by molar-refractivity contribution is 5.93. The number of likely N-dealkylation sites (N-methyl/N-ethyl adjacent to an activating group) is 1. The van der Waals surface area contributed by atoms with E-state index in [1.807, 2.05) is 16.7 Å². The quantitative estimate of drug-likeness (QED) is 0.872. The van der Waals surface area contributed by atoms with Crippen LogP contribution in [0.5, 0.6) is 5.75 Å². The van der Waals surface area contributed by atoms with E-state index in [2.05, 4.69) is 11.9 Å². The molecule has 0 aliphatic carbocycles. The van der Waals surface area contributed by atoms with Crippen LogP contribution in [0.25, 0.3) is 0 Å². The Labute approximate surface area is 152 Å². The molecule has 0 aromatic heterocycles. The van der Waals surface area contributed by atoms with E-state index in [1.165, 1.54) is 6.07 Å². The van der Waals surface area contributed by atoms with Gasteiger partial charge < -0.3 is 24.5 Å². The standard InChI is InChI=1S/C19H24FN3O3/c1-11-10-26-18-16-13(12(2)14(19(24)25)9-23(11)16)8-15(20)17(18)22-6-4-21(3)5-7-22/h8-9,11-12H,4-7,10H2,1-3H3,(H,24,25). The van der Waals surface area contributed by atoms with Crippen LogP contribution in [0.1, 0.15) is 25.3 Å². The molecule has 0 radical (unpaired) electrons. The molecule has 2 atom stereocenters. The maximum absolute atomic E-state index is 15.1. The molecule has 0 spiro atoms. The second kappa shape index (κ2) is 6.16. The van der Waals surface area contributed by atoms with E-state index in [4.69, 9.17) is 4.74 Å². The maximum Gasteiger partial charge on any atom is 0.333 e. The van der Waals surface area contributed by atoms with Gasteiger partial charge in [-0.15, -0.1) is 0 Å². The fraction of sp³-hybridized carbons (Fsp3) is 0.526. The Morgan fingerprint density at radius 3 is 2.58 bits per heavy atom. The van der Waals surface area contributed by atoms with Gasteiger partial charge in [-0.05, 0) is 25.6 Å². The minimum atomic E-state index is -0.966. The molecule has 1 N–H and O–H groups in total. The number of benzene rings is 1. The fourth-order valence-corrected chi connectivity index (χ4v) is 4.05. The zero-order valence-corrected chi connectivity index (χ0v) is 15.3. The number of halogens is 1. The Morgan fingerprint density at radius 1 is 1.23 bits per heavy atom. The average molecular weight is 361 g/mol. The number of carboxylic acids is 1. The minimum Gasteiger partial charge on any atom is -0.487 e. The third-order valence-electron chi connectivity index (χ3n) is 5.69. The summed E-state index contributed by atoms with van der Waals surface area (Å²) in [6.07, 6.45) is 1.69. The van der Waals surface area contributed by atoms with Gasteiger partial charge in [-0.3, -0.25) is 0 Å². The molecule has 1 aromatic rings. The molecular weight excluding hydrogens is 337 g/mol. The molecule has 1 saturated heterocycles. The molecule has 4 rings (SSSR count). The van der Waals surface area contributed by atoms with Gasteiger partial charge in [-0.1, -0.05) is 6.92 Å². The lowest BCUT2D eigenvalue weighted by atomic mass is 9.86. The van der Waals surface area contributed by atoms with Crippen LogP contribution in [0, 0.1) is 5.82 Å². The number of hydrogen-bond donors (Lipinski definition) is 1. The van der Waals surface area contributed by atoms with Crippen molar-refractivity contribution in [1.29, 1.82) is 0 Å². The molecule has 3 heterocycles. The first-order chi connectivity index (χ1) is 12.4. The molecule has 0 amide bonds. The van der Waals surface area contributed by atoms with Crippen molar-refractivity contribution >= 4 is 17.3 Å². The number of rotatable bonds is 2. The Hall–Kier alpha value is -2.28. The van der Waals surface area contributed by atoms with Crippen LogP contribution < -0.4 is 14.5 Å². The van der Waals surface area contributed by atoms with Crippen molar-refractivity contribution in [3.63, 3.8) is 0 Å². The van der Waals surface area contributed by atoms with Crippen LogP contribution in [0.15, 0.2) is 17.8 Å². The van der Waals surface area contributed by atoms with Crippen molar-refractivity contribution in [2.75, 3.05) is 49.6 Å². The largest absolute Gasteiger partial charge is 0.487 e. The molecule has 3 aliphatic rings. The van der Waals surface area contributed by atoms with Crippen LogP contribution in [0.2, 0.25) is 0 Å². The van der Waals surface area contributed by atoms with E-state index in [0.29, 0.717) is 23.6 Å². The van der Waals surface area contributed by atoms with Crippen molar-refractivity contribution in [2.24, 2.45) is 0 Å². The summed E-state index contributed by atoms with van der Waals surface area (Å²) in [4.78, 5) is 17.8. The average Bonchev–Trinajstić information content (AvgIpc) is 2.60. The first-order valence-electron chi connectivity index (χ1n) is 9.04. The van der Waals surface area contributed by atoms with Gasteiger partial charge in [0, 0.05) is 38.3 Å². The number of aliphatic carboxylic acids is 1. The lowest BCUT2D eigenvalue weighted by Gasteiger charge is -2.43. The van der Waals surface area contributed by atoms with E-state index in [9.17, 15) is 9.90 Å². The van der Waals surface area contributed by atoms with Gasteiger partial charge in [0.2, 0.25) is 0 Å². The molecule has 0 bridgehead atoms. The topological polar surface area (TPSA) is 56.2 Å². The highest BCUT2D eigenvalue weighted by Crippen LogP contribution is 2.51. The number of piperazine rings is 1. The van der Waals surface area contributed by atoms with Gasteiger partial charge in [-0.2, -0.15) is 0 Å². The number of ether oxygens (including phenoxy) is 1. The molecule has 26 heavy (non-hydrogen) atoms. The fourth-order valence-electron chi connectivity index (χ4n) is 4.05. The second-order valence-electron chi connectivity index (χ2n) is 7.44. The van der Waals surface area contributed by atoms with Crippen LogP contribution in [-0.2, 0) is 4.79 Å². The number of anilines is 2. The van der Waals surface area contributed by atoms with Gasteiger partial charge >= 0.3 is 5.97 Å². The summed E-state index contributed by atoms with van der Waals surface area (Å²) in [5.74, 6) is -1.14. The first kappa shape index (κ1) is 17.1. The lowest BCUT2D eigenvalue weighted by Crippen LogP contribution is -2.46. The summed E-state index contributed by atoms with van der Waals surface area (Å²) in [6.45, 7) is 7.41. The Kier molecular flexibility index (Phi) is 4.06. The Morgan fingerprint density at radius 2 is 1.92 bits per heavy atom. The minimum absolute atomic E-state index is 0.00565.